The standard InChI is InChI=1S/C11H15N5O2/c1-7-8(9(17)18-2)11(5-3-4-6-11)16-10(12-7)13-14-15-16/h3-6H2,1-2H3,(H,12,13,15). The highest BCUT2D eigenvalue weighted by atomic mass is 16.5. The average molecular weight is 249 g/mol. The zero-order chi connectivity index (χ0) is 12.8. The first-order chi connectivity index (χ1) is 8.69. The molecule has 18 heavy (non-hydrogen) atoms. The van der Waals surface area contributed by atoms with Crippen LogP contribution in [0.5, 0.6) is 0 Å². The Bertz CT molecular complexity index is 527. The lowest BCUT2D eigenvalue weighted by molar-refractivity contribution is -0.137. The van der Waals surface area contributed by atoms with Gasteiger partial charge in [-0.3, -0.25) is 0 Å². The van der Waals surface area contributed by atoms with Crippen LogP contribution in [0.1, 0.15) is 32.6 Å². The molecule has 1 aliphatic heterocycles. The molecule has 96 valence electrons. The van der Waals surface area contributed by atoms with Crippen LogP contribution in [0.4, 0.5) is 5.95 Å². The minimum Gasteiger partial charge on any atom is -0.466 e. The summed E-state index contributed by atoms with van der Waals surface area (Å²) in [6.07, 6.45) is 3.86. The molecule has 2 aliphatic rings. The van der Waals surface area contributed by atoms with Crippen LogP contribution < -0.4 is 5.32 Å². The van der Waals surface area contributed by atoms with E-state index in [1.54, 1.807) is 4.68 Å². The normalized spacial score (nSPS) is 20.8. The third-order valence-electron chi connectivity index (χ3n) is 3.83. The summed E-state index contributed by atoms with van der Waals surface area (Å²) in [5.41, 5.74) is 1.01. The van der Waals surface area contributed by atoms with E-state index in [0.717, 1.165) is 31.4 Å². The van der Waals surface area contributed by atoms with Crippen molar-refractivity contribution in [2.75, 3.05) is 12.4 Å². The lowest BCUT2D eigenvalue weighted by atomic mass is 9.85. The molecule has 1 fully saturated rings. The van der Waals surface area contributed by atoms with Gasteiger partial charge < -0.3 is 10.1 Å². The number of anilines is 1. The van der Waals surface area contributed by atoms with Crippen LogP contribution in [0.25, 0.3) is 0 Å². The second-order valence-corrected chi connectivity index (χ2v) is 4.77. The van der Waals surface area contributed by atoms with Gasteiger partial charge in [-0.2, -0.15) is 0 Å². The van der Waals surface area contributed by atoms with Gasteiger partial charge in [0.1, 0.15) is 5.54 Å². The van der Waals surface area contributed by atoms with Gasteiger partial charge in [-0.25, -0.2) is 9.48 Å². The number of methoxy groups -OCH3 is 1. The van der Waals surface area contributed by atoms with Crippen molar-refractivity contribution in [1.82, 2.24) is 20.2 Å². The van der Waals surface area contributed by atoms with Crippen molar-refractivity contribution in [3.8, 4) is 0 Å². The van der Waals surface area contributed by atoms with Crippen molar-refractivity contribution in [3.05, 3.63) is 11.3 Å². The first-order valence-corrected chi connectivity index (χ1v) is 6.04. The molecule has 2 heterocycles. The quantitative estimate of drug-likeness (QED) is 0.742. The van der Waals surface area contributed by atoms with E-state index in [-0.39, 0.29) is 5.97 Å². The van der Waals surface area contributed by atoms with Crippen molar-refractivity contribution >= 4 is 11.9 Å². The van der Waals surface area contributed by atoms with Gasteiger partial charge >= 0.3 is 5.97 Å². The molecule has 1 aromatic heterocycles. The lowest BCUT2D eigenvalue weighted by Gasteiger charge is -2.35. The number of allylic oxidation sites excluding steroid dienone is 1. The second-order valence-electron chi connectivity index (χ2n) is 4.77. The summed E-state index contributed by atoms with van der Waals surface area (Å²) in [4.78, 5) is 12.1. The number of aromatic nitrogens is 4. The van der Waals surface area contributed by atoms with Crippen LogP contribution in [0.2, 0.25) is 0 Å². The number of hydrogen-bond acceptors (Lipinski definition) is 6. The third-order valence-corrected chi connectivity index (χ3v) is 3.83. The minimum atomic E-state index is -0.429. The Balaban J connectivity index is 2.19. The van der Waals surface area contributed by atoms with Gasteiger partial charge in [0.2, 0.25) is 5.95 Å². The SMILES string of the molecule is COC(=O)C1=C(C)Nc2nnnn2C12CCCC2. The lowest BCUT2D eigenvalue weighted by Crippen LogP contribution is -2.42. The fourth-order valence-electron chi connectivity index (χ4n) is 3.11. The van der Waals surface area contributed by atoms with Crippen LogP contribution in [0.3, 0.4) is 0 Å². The Hall–Kier alpha value is -1.92. The monoisotopic (exact) mass is 249 g/mol. The minimum absolute atomic E-state index is 0.303. The van der Waals surface area contributed by atoms with Crippen molar-refractivity contribution in [1.29, 1.82) is 0 Å². The number of nitrogens with zero attached hydrogens (tertiary/aromatic N) is 4. The van der Waals surface area contributed by atoms with Crippen LogP contribution in [-0.2, 0) is 15.1 Å². The predicted octanol–water partition coefficient (Wildman–Crippen LogP) is 0.815. The molecule has 0 saturated heterocycles. The molecule has 1 aliphatic carbocycles. The highest BCUT2D eigenvalue weighted by molar-refractivity contribution is 5.92. The molecule has 1 aromatic rings. The Morgan fingerprint density at radius 1 is 1.44 bits per heavy atom. The number of esters is 1. The molecule has 1 N–H and O–H groups in total. The van der Waals surface area contributed by atoms with E-state index in [1.165, 1.54) is 7.11 Å². The summed E-state index contributed by atoms with van der Waals surface area (Å²) in [5, 5.41) is 14.8. The second kappa shape index (κ2) is 3.79. The Morgan fingerprint density at radius 3 is 2.83 bits per heavy atom. The summed E-state index contributed by atoms with van der Waals surface area (Å²) in [6.45, 7) is 1.87. The van der Waals surface area contributed by atoms with E-state index in [0.29, 0.717) is 11.5 Å². The number of carbonyl (C=O) groups is 1. The molecular formula is C11H15N5O2. The number of hydrogen-bond donors (Lipinski definition) is 1. The molecule has 1 saturated carbocycles. The third kappa shape index (κ3) is 1.30. The molecule has 0 aromatic carbocycles. The summed E-state index contributed by atoms with van der Waals surface area (Å²) in [7, 11) is 1.40. The molecule has 7 nitrogen and oxygen atoms in total. The number of carbonyl (C=O) groups excluding carboxylic acids is 1. The van der Waals surface area contributed by atoms with Crippen molar-refractivity contribution in [2.24, 2.45) is 0 Å². The van der Waals surface area contributed by atoms with Gasteiger partial charge in [-0.15, -0.1) is 0 Å². The molecular weight excluding hydrogens is 234 g/mol. The van der Waals surface area contributed by atoms with Crippen molar-refractivity contribution < 1.29 is 9.53 Å². The number of rotatable bonds is 1. The molecule has 0 atom stereocenters. The topological polar surface area (TPSA) is 81.9 Å². The summed E-state index contributed by atoms with van der Waals surface area (Å²) < 4.78 is 6.66. The van der Waals surface area contributed by atoms with Gasteiger partial charge in [-0.05, 0) is 30.2 Å². The maximum Gasteiger partial charge on any atom is 0.337 e. The average Bonchev–Trinajstić information content (AvgIpc) is 2.98. The number of ether oxygens (including phenoxy) is 1. The van der Waals surface area contributed by atoms with E-state index in [4.69, 9.17) is 4.74 Å². The molecule has 1 spiro atoms. The van der Waals surface area contributed by atoms with E-state index in [9.17, 15) is 4.79 Å². The first kappa shape index (κ1) is 11.2. The first-order valence-electron chi connectivity index (χ1n) is 6.04. The zero-order valence-electron chi connectivity index (χ0n) is 10.4. The number of nitrogens with one attached hydrogen (secondary N) is 1. The Kier molecular flexibility index (Phi) is 2.36. The van der Waals surface area contributed by atoms with E-state index in [2.05, 4.69) is 20.8 Å². The van der Waals surface area contributed by atoms with Gasteiger partial charge in [0.05, 0.1) is 12.7 Å². The van der Waals surface area contributed by atoms with Crippen LogP contribution in [0.15, 0.2) is 11.3 Å². The Morgan fingerprint density at radius 2 is 2.17 bits per heavy atom. The molecule has 0 unspecified atom stereocenters. The van der Waals surface area contributed by atoms with E-state index >= 15 is 0 Å². The maximum absolute atomic E-state index is 12.1. The largest absolute Gasteiger partial charge is 0.466 e. The molecule has 0 amide bonds. The predicted molar refractivity (Wildman–Crippen MR) is 62.6 cm³/mol. The zero-order valence-corrected chi connectivity index (χ0v) is 10.4. The summed E-state index contributed by atoms with van der Waals surface area (Å²) in [5.74, 6) is 0.296. The smallest absolute Gasteiger partial charge is 0.337 e. The van der Waals surface area contributed by atoms with Crippen LogP contribution >= 0.6 is 0 Å². The van der Waals surface area contributed by atoms with Crippen molar-refractivity contribution in [3.63, 3.8) is 0 Å². The molecule has 3 rings (SSSR count). The highest BCUT2D eigenvalue weighted by Crippen LogP contribution is 2.46. The molecule has 0 bridgehead atoms. The van der Waals surface area contributed by atoms with Gasteiger partial charge in [0.15, 0.2) is 0 Å². The van der Waals surface area contributed by atoms with E-state index in [1.807, 2.05) is 6.92 Å². The van der Waals surface area contributed by atoms with Crippen LogP contribution in [0, 0.1) is 0 Å². The highest BCUT2D eigenvalue weighted by Gasteiger charge is 2.48. The van der Waals surface area contributed by atoms with E-state index < -0.39 is 5.54 Å². The van der Waals surface area contributed by atoms with Gasteiger partial charge in [-0.1, -0.05) is 17.9 Å². The summed E-state index contributed by atoms with van der Waals surface area (Å²) in [6, 6.07) is 0. The summed E-state index contributed by atoms with van der Waals surface area (Å²) >= 11 is 0. The molecule has 0 radical (unpaired) electrons. The fraction of sp³-hybridized carbons (Fsp3) is 0.636. The van der Waals surface area contributed by atoms with Crippen LogP contribution in [-0.4, -0.2) is 33.3 Å². The maximum atomic E-state index is 12.1. The van der Waals surface area contributed by atoms with Gasteiger partial charge in [0, 0.05) is 5.70 Å². The van der Waals surface area contributed by atoms with Gasteiger partial charge in [0.25, 0.3) is 0 Å². The fourth-order valence-corrected chi connectivity index (χ4v) is 3.11. The number of tetrazole rings is 1. The molecule has 7 heteroatoms. The van der Waals surface area contributed by atoms with Crippen molar-refractivity contribution in [2.45, 2.75) is 38.1 Å². The number of fused-ring (bicyclic) bond motifs is 2. The Labute approximate surface area is 104 Å².